The third-order valence-electron chi connectivity index (χ3n) is 2.84. The minimum atomic E-state index is -1.07. The molecule has 2 N–H and O–H groups in total. The Labute approximate surface area is 98.9 Å². The summed E-state index contributed by atoms with van der Waals surface area (Å²) in [6.07, 6.45) is 2.35. The van der Waals surface area contributed by atoms with Gasteiger partial charge in [0.05, 0.1) is 12.6 Å². The number of aromatic nitrogens is 1. The first-order valence-electron chi connectivity index (χ1n) is 5.73. The minimum absolute atomic E-state index is 0.0531. The molecule has 1 aromatic heterocycles. The molecule has 2 rings (SSSR count). The number of hydrogen-bond donors (Lipinski definition) is 2. The molecule has 0 atom stereocenters. The first kappa shape index (κ1) is 12.1. The number of ether oxygens (including phenoxy) is 1. The quantitative estimate of drug-likeness (QED) is 0.772. The van der Waals surface area contributed by atoms with Crippen LogP contribution < -0.4 is 5.32 Å². The SMILES string of the molecule is CCOC1CC(NCc2cc(C(=O)O)no2)C1. The van der Waals surface area contributed by atoms with Crippen LogP contribution in [0.15, 0.2) is 10.6 Å². The molecule has 6 heteroatoms. The Bertz CT molecular complexity index is 385. The second-order valence-corrected chi connectivity index (χ2v) is 4.11. The second-order valence-electron chi connectivity index (χ2n) is 4.11. The van der Waals surface area contributed by atoms with Crippen molar-refractivity contribution in [3.63, 3.8) is 0 Å². The Morgan fingerprint density at radius 2 is 2.47 bits per heavy atom. The van der Waals surface area contributed by atoms with Gasteiger partial charge in [-0.1, -0.05) is 5.16 Å². The largest absolute Gasteiger partial charge is 0.476 e. The van der Waals surface area contributed by atoms with E-state index in [0.717, 1.165) is 19.4 Å². The lowest BCUT2D eigenvalue weighted by Crippen LogP contribution is -2.45. The summed E-state index contributed by atoms with van der Waals surface area (Å²) >= 11 is 0. The molecule has 6 nitrogen and oxygen atoms in total. The van der Waals surface area contributed by atoms with Crippen LogP contribution >= 0.6 is 0 Å². The number of nitrogens with zero attached hydrogens (tertiary/aromatic N) is 1. The van der Waals surface area contributed by atoms with Gasteiger partial charge in [0.25, 0.3) is 0 Å². The molecular weight excluding hydrogens is 224 g/mol. The summed E-state index contributed by atoms with van der Waals surface area (Å²) in [6, 6.07) is 1.86. The summed E-state index contributed by atoms with van der Waals surface area (Å²) in [4.78, 5) is 10.6. The van der Waals surface area contributed by atoms with Crippen LogP contribution in [0, 0.1) is 0 Å². The number of carbonyl (C=O) groups is 1. The lowest BCUT2D eigenvalue weighted by molar-refractivity contribution is -0.0106. The van der Waals surface area contributed by atoms with E-state index in [0.29, 0.717) is 24.5 Å². The molecule has 1 aromatic rings. The topological polar surface area (TPSA) is 84.6 Å². The Kier molecular flexibility index (Phi) is 3.75. The van der Waals surface area contributed by atoms with Crippen LogP contribution in [-0.2, 0) is 11.3 Å². The molecule has 1 fully saturated rings. The zero-order valence-electron chi connectivity index (χ0n) is 9.68. The highest BCUT2D eigenvalue weighted by molar-refractivity contribution is 5.85. The van der Waals surface area contributed by atoms with Crippen LogP contribution in [-0.4, -0.2) is 35.0 Å². The molecule has 1 aliphatic carbocycles. The first-order chi connectivity index (χ1) is 8.19. The molecule has 0 aliphatic heterocycles. The van der Waals surface area contributed by atoms with E-state index in [1.54, 1.807) is 0 Å². The fourth-order valence-electron chi connectivity index (χ4n) is 1.85. The van der Waals surface area contributed by atoms with E-state index in [9.17, 15) is 4.79 Å². The van der Waals surface area contributed by atoms with Crippen LogP contribution in [0.5, 0.6) is 0 Å². The van der Waals surface area contributed by atoms with Gasteiger partial charge in [0.2, 0.25) is 0 Å². The summed E-state index contributed by atoms with van der Waals surface area (Å²) in [5, 5.41) is 15.4. The van der Waals surface area contributed by atoms with E-state index >= 15 is 0 Å². The van der Waals surface area contributed by atoms with E-state index in [2.05, 4.69) is 10.5 Å². The summed E-state index contributed by atoms with van der Waals surface area (Å²) < 4.78 is 10.3. The minimum Gasteiger partial charge on any atom is -0.476 e. The average molecular weight is 240 g/mol. The van der Waals surface area contributed by atoms with Crippen molar-refractivity contribution in [2.75, 3.05) is 6.61 Å². The fourth-order valence-corrected chi connectivity index (χ4v) is 1.85. The zero-order chi connectivity index (χ0) is 12.3. The van der Waals surface area contributed by atoms with Crippen molar-refractivity contribution in [1.82, 2.24) is 10.5 Å². The van der Waals surface area contributed by atoms with Crippen molar-refractivity contribution in [2.45, 2.75) is 38.5 Å². The highest BCUT2D eigenvalue weighted by atomic mass is 16.5. The number of hydrogen-bond acceptors (Lipinski definition) is 5. The number of nitrogens with one attached hydrogen (secondary N) is 1. The predicted molar refractivity (Wildman–Crippen MR) is 58.7 cm³/mol. The standard InChI is InChI=1S/C11H16N2O4/c1-2-16-8-3-7(4-8)12-6-9-5-10(11(14)15)13-17-9/h5,7-8,12H,2-4,6H2,1H3,(H,14,15). The monoisotopic (exact) mass is 240 g/mol. The molecule has 0 unspecified atom stereocenters. The van der Waals surface area contributed by atoms with Crippen molar-refractivity contribution < 1.29 is 19.2 Å². The fraction of sp³-hybridized carbons (Fsp3) is 0.636. The molecule has 1 heterocycles. The van der Waals surface area contributed by atoms with E-state index in [4.69, 9.17) is 14.4 Å². The average Bonchev–Trinajstić information content (AvgIpc) is 2.70. The molecular formula is C11H16N2O4. The maximum atomic E-state index is 10.6. The summed E-state index contributed by atoms with van der Waals surface area (Å²) in [7, 11) is 0. The van der Waals surface area contributed by atoms with Crippen LogP contribution in [0.3, 0.4) is 0 Å². The third kappa shape index (κ3) is 3.04. The molecule has 1 saturated carbocycles. The van der Waals surface area contributed by atoms with Gasteiger partial charge in [-0.2, -0.15) is 0 Å². The molecule has 0 bridgehead atoms. The van der Waals surface area contributed by atoms with Crippen molar-refractivity contribution in [3.8, 4) is 0 Å². The van der Waals surface area contributed by atoms with Crippen LogP contribution in [0.4, 0.5) is 0 Å². The Morgan fingerprint density at radius 3 is 3.06 bits per heavy atom. The van der Waals surface area contributed by atoms with Crippen LogP contribution in [0.25, 0.3) is 0 Å². The number of carboxylic acids is 1. The maximum Gasteiger partial charge on any atom is 0.358 e. The van der Waals surface area contributed by atoms with Crippen LogP contribution in [0.2, 0.25) is 0 Å². The lowest BCUT2D eigenvalue weighted by atomic mass is 9.89. The first-order valence-corrected chi connectivity index (χ1v) is 5.73. The highest BCUT2D eigenvalue weighted by Crippen LogP contribution is 2.23. The van der Waals surface area contributed by atoms with Gasteiger partial charge in [0.15, 0.2) is 11.5 Å². The van der Waals surface area contributed by atoms with Gasteiger partial charge in [0, 0.05) is 18.7 Å². The number of carboxylic acid groups (broad SMARTS) is 1. The molecule has 17 heavy (non-hydrogen) atoms. The van der Waals surface area contributed by atoms with E-state index < -0.39 is 5.97 Å². The molecule has 0 saturated heterocycles. The van der Waals surface area contributed by atoms with Crippen molar-refractivity contribution in [1.29, 1.82) is 0 Å². The normalized spacial score (nSPS) is 23.4. The second kappa shape index (κ2) is 5.29. The van der Waals surface area contributed by atoms with Gasteiger partial charge >= 0.3 is 5.97 Å². The summed E-state index contributed by atoms with van der Waals surface area (Å²) in [6.45, 7) is 3.24. The zero-order valence-corrected chi connectivity index (χ0v) is 9.68. The molecule has 0 aromatic carbocycles. The number of aromatic carboxylic acids is 1. The van der Waals surface area contributed by atoms with Gasteiger partial charge in [0.1, 0.15) is 0 Å². The van der Waals surface area contributed by atoms with Crippen molar-refractivity contribution in [3.05, 3.63) is 17.5 Å². The van der Waals surface area contributed by atoms with Gasteiger partial charge in [-0.05, 0) is 19.8 Å². The Balaban J connectivity index is 1.70. The van der Waals surface area contributed by atoms with Crippen LogP contribution in [0.1, 0.15) is 36.0 Å². The molecule has 94 valence electrons. The highest BCUT2D eigenvalue weighted by Gasteiger charge is 2.29. The van der Waals surface area contributed by atoms with E-state index in [-0.39, 0.29) is 5.69 Å². The predicted octanol–water partition coefficient (Wildman–Crippen LogP) is 1.03. The van der Waals surface area contributed by atoms with E-state index in [1.807, 2.05) is 6.92 Å². The Hall–Kier alpha value is -1.40. The number of rotatable bonds is 6. The van der Waals surface area contributed by atoms with Gasteiger partial charge in [-0.3, -0.25) is 0 Å². The molecule has 0 amide bonds. The molecule has 0 spiro atoms. The Morgan fingerprint density at radius 1 is 1.71 bits per heavy atom. The van der Waals surface area contributed by atoms with E-state index in [1.165, 1.54) is 6.07 Å². The molecule has 0 radical (unpaired) electrons. The van der Waals surface area contributed by atoms with Crippen molar-refractivity contribution >= 4 is 5.97 Å². The van der Waals surface area contributed by atoms with Gasteiger partial charge < -0.3 is 19.7 Å². The van der Waals surface area contributed by atoms with Gasteiger partial charge in [-0.15, -0.1) is 0 Å². The third-order valence-corrected chi connectivity index (χ3v) is 2.84. The smallest absolute Gasteiger partial charge is 0.358 e. The summed E-state index contributed by atoms with van der Waals surface area (Å²) in [5.41, 5.74) is -0.0531. The lowest BCUT2D eigenvalue weighted by Gasteiger charge is -2.35. The summed E-state index contributed by atoms with van der Waals surface area (Å²) in [5.74, 6) is -0.526. The van der Waals surface area contributed by atoms with Crippen molar-refractivity contribution in [2.24, 2.45) is 0 Å². The van der Waals surface area contributed by atoms with Gasteiger partial charge in [-0.25, -0.2) is 4.79 Å². The molecule has 1 aliphatic rings. The maximum absolute atomic E-state index is 10.6.